The van der Waals surface area contributed by atoms with Gasteiger partial charge in [0.05, 0.1) is 18.7 Å². The van der Waals surface area contributed by atoms with Gasteiger partial charge in [-0.15, -0.1) is 0 Å². The summed E-state index contributed by atoms with van der Waals surface area (Å²) in [5.41, 5.74) is 3.25. The van der Waals surface area contributed by atoms with Crippen LogP contribution in [0.4, 0.5) is 0 Å². The van der Waals surface area contributed by atoms with E-state index < -0.39 is 0 Å². The minimum absolute atomic E-state index is 0.117. The molecule has 1 aromatic rings. The second-order valence-corrected chi connectivity index (χ2v) is 7.18. The van der Waals surface area contributed by atoms with Crippen LogP contribution in [0.3, 0.4) is 0 Å². The number of aliphatic imine (C=N–C) groups is 1. The van der Waals surface area contributed by atoms with E-state index in [0.29, 0.717) is 6.54 Å². The Labute approximate surface area is 144 Å². The van der Waals surface area contributed by atoms with Gasteiger partial charge in [0.25, 0.3) is 5.91 Å². The van der Waals surface area contributed by atoms with Gasteiger partial charge in [0.1, 0.15) is 0 Å². The number of carbonyl (C=O) groups is 1. The molecule has 0 bridgehead atoms. The lowest BCUT2D eigenvalue weighted by molar-refractivity contribution is -0.125. The van der Waals surface area contributed by atoms with Crippen molar-refractivity contribution < 1.29 is 4.79 Å². The molecule has 5 nitrogen and oxygen atoms in total. The average molecular weight is 375 g/mol. The Kier molecular flexibility index (Phi) is 3.73. The van der Waals surface area contributed by atoms with Crippen molar-refractivity contribution >= 4 is 27.8 Å². The van der Waals surface area contributed by atoms with Crippen LogP contribution in [0.2, 0.25) is 0 Å². The molecule has 1 aromatic carbocycles. The predicted octanol–water partition coefficient (Wildman–Crippen LogP) is 2.05. The Balaban J connectivity index is 1.68. The molecule has 0 saturated heterocycles. The van der Waals surface area contributed by atoms with Gasteiger partial charge in [-0.2, -0.15) is 0 Å². The Morgan fingerprint density at radius 1 is 1.22 bits per heavy atom. The number of benzene rings is 1. The first-order valence-electron chi connectivity index (χ1n) is 7.92. The van der Waals surface area contributed by atoms with Crippen LogP contribution in [0, 0.1) is 0 Å². The van der Waals surface area contributed by atoms with Crippen molar-refractivity contribution in [2.45, 2.75) is 13.0 Å². The zero-order chi connectivity index (χ0) is 16.0. The van der Waals surface area contributed by atoms with Crippen molar-refractivity contribution in [3.63, 3.8) is 0 Å². The first-order valence-corrected chi connectivity index (χ1v) is 8.71. The number of halogens is 1. The fourth-order valence-corrected chi connectivity index (χ4v) is 3.73. The summed E-state index contributed by atoms with van der Waals surface area (Å²) in [5, 5.41) is 0. The van der Waals surface area contributed by atoms with E-state index in [1.165, 1.54) is 5.70 Å². The molecule has 23 heavy (non-hydrogen) atoms. The topological polar surface area (TPSA) is 39.2 Å². The van der Waals surface area contributed by atoms with Crippen molar-refractivity contribution in [2.24, 2.45) is 4.99 Å². The summed E-state index contributed by atoms with van der Waals surface area (Å²) in [7, 11) is 2.07. The SMILES string of the molecule is CN1CCC2=C(C1)C(=O)N(Cc1ccc(Br)cc1)C1=NCCN12. The highest BCUT2D eigenvalue weighted by Crippen LogP contribution is 2.31. The number of hydrogen-bond acceptors (Lipinski definition) is 4. The molecule has 3 heterocycles. The van der Waals surface area contributed by atoms with Gasteiger partial charge in [0, 0.05) is 36.2 Å². The molecule has 0 aromatic heterocycles. The fourth-order valence-electron chi connectivity index (χ4n) is 3.47. The summed E-state index contributed by atoms with van der Waals surface area (Å²) >= 11 is 3.45. The fraction of sp³-hybridized carbons (Fsp3) is 0.412. The molecule has 3 aliphatic heterocycles. The smallest absolute Gasteiger partial charge is 0.259 e. The van der Waals surface area contributed by atoms with E-state index in [0.717, 1.165) is 54.2 Å². The van der Waals surface area contributed by atoms with E-state index in [-0.39, 0.29) is 5.91 Å². The molecule has 4 rings (SSSR count). The molecule has 0 atom stereocenters. The van der Waals surface area contributed by atoms with Crippen LogP contribution in [0.15, 0.2) is 45.0 Å². The van der Waals surface area contributed by atoms with Crippen molar-refractivity contribution in [3.8, 4) is 0 Å². The second-order valence-electron chi connectivity index (χ2n) is 6.26. The number of hydrogen-bond donors (Lipinski definition) is 0. The van der Waals surface area contributed by atoms with Crippen LogP contribution >= 0.6 is 15.9 Å². The maximum Gasteiger partial charge on any atom is 0.259 e. The van der Waals surface area contributed by atoms with Crippen LogP contribution in [-0.4, -0.2) is 59.8 Å². The predicted molar refractivity (Wildman–Crippen MR) is 92.8 cm³/mol. The minimum Gasteiger partial charge on any atom is -0.314 e. The van der Waals surface area contributed by atoms with E-state index in [9.17, 15) is 4.79 Å². The molecule has 3 aliphatic rings. The second kappa shape index (κ2) is 5.76. The maximum absolute atomic E-state index is 13.0. The van der Waals surface area contributed by atoms with Crippen molar-refractivity contribution in [3.05, 3.63) is 45.6 Å². The summed E-state index contributed by atoms with van der Waals surface area (Å²) in [6.45, 7) is 3.97. The van der Waals surface area contributed by atoms with E-state index >= 15 is 0 Å². The van der Waals surface area contributed by atoms with E-state index in [1.54, 1.807) is 0 Å². The Bertz CT molecular complexity index is 710. The third-order valence-corrected chi connectivity index (χ3v) is 5.18. The van der Waals surface area contributed by atoms with Gasteiger partial charge in [0.15, 0.2) is 0 Å². The third-order valence-electron chi connectivity index (χ3n) is 4.65. The molecule has 0 fully saturated rings. The van der Waals surface area contributed by atoms with Gasteiger partial charge >= 0.3 is 0 Å². The molecule has 1 amide bonds. The Morgan fingerprint density at radius 2 is 2.00 bits per heavy atom. The molecule has 0 spiro atoms. The summed E-state index contributed by atoms with van der Waals surface area (Å²) in [6.07, 6.45) is 0.933. The third kappa shape index (κ3) is 2.60. The standard InChI is InChI=1S/C17H19BrN4O/c1-20-8-6-15-14(11-20)16(23)22(17-19-7-9-21(15)17)10-12-2-4-13(18)5-3-12/h2-5H,6-11H2,1H3. The average Bonchev–Trinajstić information content (AvgIpc) is 3.02. The van der Waals surface area contributed by atoms with Gasteiger partial charge in [-0.25, -0.2) is 0 Å². The molecule has 0 N–H and O–H groups in total. The normalized spacial score (nSPS) is 21.5. The lowest BCUT2D eigenvalue weighted by Crippen LogP contribution is -2.53. The van der Waals surface area contributed by atoms with E-state index in [4.69, 9.17) is 0 Å². The highest BCUT2D eigenvalue weighted by Gasteiger charge is 2.40. The number of carbonyl (C=O) groups excluding carboxylic acids is 1. The number of amides is 1. The summed E-state index contributed by atoms with van der Waals surface area (Å²) in [4.78, 5) is 24.0. The molecule has 0 unspecified atom stereocenters. The highest BCUT2D eigenvalue weighted by atomic mass is 79.9. The van der Waals surface area contributed by atoms with Crippen LogP contribution in [-0.2, 0) is 11.3 Å². The number of likely N-dealkylation sites (N-methyl/N-ethyl adjacent to an activating group) is 1. The molecular weight excluding hydrogens is 356 g/mol. The van der Waals surface area contributed by atoms with Gasteiger partial charge in [-0.05, 0) is 24.7 Å². The molecule has 0 aliphatic carbocycles. The monoisotopic (exact) mass is 374 g/mol. The van der Waals surface area contributed by atoms with Crippen molar-refractivity contribution in [1.29, 1.82) is 0 Å². The number of guanidine groups is 1. The van der Waals surface area contributed by atoms with Crippen LogP contribution in [0.5, 0.6) is 0 Å². The molecule has 120 valence electrons. The lowest BCUT2D eigenvalue weighted by atomic mass is 10.0. The zero-order valence-corrected chi connectivity index (χ0v) is 14.7. The molecular formula is C17H19BrN4O. The summed E-state index contributed by atoms with van der Waals surface area (Å²) in [6, 6.07) is 8.12. The number of rotatable bonds is 2. The van der Waals surface area contributed by atoms with Gasteiger partial charge in [0.2, 0.25) is 5.96 Å². The van der Waals surface area contributed by atoms with Crippen molar-refractivity contribution in [1.82, 2.24) is 14.7 Å². The Morgan fingerprint density at radius 3 is 2.78 bits per heavy atom. The first kappa shape index (κ1) is 14.9. The van der Waals surface area contributed by atoms with Crippen LogP contribution in [0.1, 0.15) is 12.0 Å². The minimum atomic E-state index is 0.117. The Hall–Kier alpha value is -1.66. The number of nitrogens with zero attached hydrogens (tertiary/aromatic N) is 4. The highest BCUT2D eigenvalue weighted by molar-refractivity contribution is 9.10. The maximum atomic E-state index is 13.0. The van der Waals surface area contributed by atoms with Crippen LogP contribution < -0.4 is 0 Å². The van der Waals surface area contributed by atoms with E-state index in [1.807, 2.05) is 29.2 Å². The van der Waals surface area contributed by atoms with Gasteiger partial charge in [-0.1, -0.05) is 28.1 Å². The van der Waals surface area contributed by atoms with Gasteiger partial charge < -0.3 is 9.80 Å². The van der Waals surface area contributed by atoms with Crippen LogP contribution in [0.25, 0.3) is 0 Å². The van der Waals surface area contributed by atoms with Crippen molar-refractivity contribution in [2.75, 3.05) is 33.2 Å². The molecule has 0 saturated carbocycles. The summed E-state index contributed by atoms with van der Waals surface area (Å²) in [5.74, 6) is 0.951. The molecule has 6 heteroatoms. The van der Waals surface area contributed by atoms with Gasteiger partial charge in [-0.3, -0.25) is 14.7 Å². The number of fused-ring (bicyclic) bond motifs is 2. The largest absolute Gasteiger partial charge is 0.314 e. The van der Waals surface area contributed by atoms with E-state index in [2.05, 4.69) is 37.8 Å². The quantitative estimate of drug-likeness (QED) is 0.795. The zero-order valence-electron chi connectivity index (χ0n) is 13.1. The summed E-state index contributed by atoms with van der Waals surface area (Å²) < 4.78 is 1.05. The first-order chi connectivity index (χ1) is 11.1. The molecule has 0 radical (unpaired) electrons. The lowest BCUT2D eigenvalue weighted by Gasteiger charge is -2.41.